The topological polar surface area (TPSA) is 78.8 Å². The lowest BCUT2D eigenvalue weighted by atomic mass is 10.1. The lowest BCUT2D eigenvalue weighted by molar-refractivity contribution is -0.121. The lowest BCUT2D eigenvalue weighted by Crippen LogP contribution is -2.27. The molecule has 2 aromatic carbocycles. The van der Waals surface area contributed by atoms with Crippen molar-refractivity contribution in [2.24, 2.45) is 0 Å². The Labute approximate surface area is 155 Å². The summed E-state index contributed by atoms with van der Waals surface area (Å²) in [5.74, 6) is 0.482. The number of carbonyl (C=O) groups is 1. The second kappa shape index (κ2) is 8.10. The minimum absolute atomic E-state index is 0.118. The van der Waals surface area contributed by atoms with E-state index in [1.807, 2.05) is 12.1 Å². The molecule has 0 bridgehead atoms. The number of benzene rings is 2. The van der Waals surface area contributed by atoms with Crippen LogP contribution in [0.3, 0.4) is 0 Å². The van der Waals surface area contributed by atoms with Gasteiger partial charge in [0.25, 0.3) is 0 Å². The maximum Gasteiger partial charge on any atom is 0.236 e. The highest BCUT2D eigenvalue weighted by atomic mass is 35.5. The summed E-state index contributed by atoms with van der Waals surface area (Å²) in [5, 5.41) is 22.3. The number of halogens is 1. The summed E-state index contributed by atoms with van der Waals surface area (Å²) in [6, 6.07) is 14.4. The van der Waals surface area contributed by atoms with Gasteiger partial charge >= 0.3 is 0 Å². The fourth-order valence-corrected chi connectivity index (χ4v) is 3.70. The van der Waals surface area contributed by atoms with Gasteiger partial charge in [-0.1, -0.05) is 47.6 Å². The molecule has 1 saturated heterocycles. The molecule has 7 heteroatoms. The SMILES string of the molecule is O=C1NC(O)SC1Cc1ccc(OC[C@H](O)c2cccc(Cl)c2)cc1. The van der Waals surface area contributed by atoms with Gasteiger partial charge in [0.05, 0.1) is 5.25 Å². The second-order valence-corrected chi connectivity index (χ2v) is 7.44. The minimum Gasteiger partial charge on any atom is -0.491 e. The van der Waals surface area contributed by atoms with Crippen LogP contribution < -0.4 is 10.1 Å². The van der Waals surface area contributed by atoms with Gasteiger partial charge in [-0.25, -0.2) is 0 Å². The number of ether oxygens (including phenoxy) is 1. The molecule has 1 aliphatic heterocycles. The van der Waals surface area contributed by atoms with Crippen LogP contribution in [0.15, 0.2) is 48.5 Å². The fourth-order valence-electron chi connectivity index (χ4n) is 2.53. The van der Waals surface area contributed by atoms with Gasteiger partial charge in [0.2, 0.25) is 5.91 Å². The van der Waals surface area contributed by atoms with Gasteiger partial charge in [-0.3, -0.25) is 4.79 Å². The van der Waals surface area contributed by atoms with Crippen molar-refractivity contribution < 1.29 is 19.7 Å². The van der Waals surface area contributed by atoms with Crippen molar-refractivity contribution in [1.82, 2.24) is 5.32 Å². The monoisotopic (exact) mass is 379 g/mol. The average Bonchev–Trinajstić information content (AvgIpc) is 2.91. The summed E-state index contributed by atoms with van der Waals surface area (Å²) in [4.78, 5) is 11.6. The molecule has 2 unspecified atom stereocenters. The maximum absolute atomic E-state index is 11.6. The van der Waals surface area contributed by atoms with Crippen molar-refractivity contribution in [2.45, 2.75) is 23.3 Å². The predicted octanol–water partition coefficient (Wildman–Crippen LogP) is 2.50. The zero-order valence-corrected chi connectivity index (χ0v) is 14.8. The Hall–Kier alpha value is -1.73. The van der Waals surface area contributed by atoms with Crippen molar-refractivity contribution >= 4 is 29.3 Å². The van der Waals surface area contributed by atoms with E-state index in [0.29, 0.717) is 22.8 Å². The molecule has 1 heterocycles. The third kappa shape index (κ3) is 4.89. The van der Waals surface area contributed by atoms with Crippen LogP contribution in [0.5, 0.6) is 5.75 Å². The zero-order valence-electron chi connectivity index (χ0n) is 13.3. The number of aliphatic hydroxyl groups is 2. The largest absolute Gasteiger partial charge is 0.491 e. The number of thioether (sulfide) groups is 1. The van der Waals surface area contributed by atoms with Gasteiger partial charge in [-0.15, -0.1) is 0 Å². The van der Waals surface area contributed by atoms with Crippen molar-refractivity contribution in [1.29, 1.82) is 0 Å². The van der Waals surface area contributed by atoms with Crippen LogP contribution in [-0.2, 0) is 11.2 Å². The number of aliphatic hydroxyl groups excluding tert-OH is 2. The Kier molecular flexibility index (Phi) is 5.86. The van der Waals surface area contributed by atoms with E-state index < -0.39 is 11.7 Å². The van der Waals surface area contributed by atoms with Gasteiger partial charge in [0, 0.05) is 5.02 Å². The number of carbonyl (C=O) groups excluding carboxylic acids is 1. The summed E-state index contributed by atoms with van der Waals surface area (Å²) in [5.41, 5.74) is 0.851. The number of hydrogen-bond donors (Lipinski definition) is 3. The summed E-state index contributed by atoms with van der Waals surface area (Å²) in [6.45, 7) is 0.118. The first-order valence-electron chi connectivity index (χ1n) is 7.80. The van der Waals surface area contributed by atoms with Crippen molar-refractivity contribution in [2.75, 3.05) is 6.61 Å². The predicted molar refractivity (Wildman–Crippen MR) is 97.6 cm³/mol. The Bertz CT molecular complexity index is 740. The maximum atomic E-state index is 11.6. The van der Waals surface area contributed by atoms with E-state index in [0.717, 1.165) is 5.56 Å². The summed E-state index contributed by atoms with van der Waals surface area (Å²) in [7, 11) is 0. The van der Waals surface area contributed by atoms with Crippen LogP contribution >= 0.6 is 23.4 Å². The molecule has 3 N–H and O–H groups in total. The molecule has 0 saturated carbocycles. The summed E-state index contributed by atoms with van der Waals surface area (Å²) >= 11 is 7.12. The van der Waals surface area contributed by atoms with Crippen molar-refractivity contribution in [3.63, 3.8) is 0 Å². The minimum atomic E-state index is -0.826. The molecule has 1 aliphatic rings. The quantitative estimate of drug-likeness (QED) is 0.718. The molecule has 132 valence electrons. The smallest absolute Gasteiger partial charge is 0.236 e. The molecule has 0 spiro atoms. The molecule has 0 radical (unpaired) electrons. The van der Waals surface area contributed by atoms with Gasteiger partial charge in [0.15, 0.2) is 5.56 Å². The van der Waals surface area contributed by atoms with E-state index in [2.05, 4.69) is 5.32 Å². The Morgan fingerprint density at radius 1 is 1.24 bits per heavy atom. The first-order chi connectivity index (χ1) is 12.0. The van der Waals surface area contributed by atoms with Crippen LogP contribution in [0.4, 0.5) is 0 Å². The molecule has 5 nitrogen and oxygen atoms in total. The first-order valence-corrected chi connectivity index (χ1v) is 9.12. The molecular formula is C18H18ClNO4S. The molecule has 3 atom stereocenters. The van der Waals surface area contributed by atoms with Crippen molar-refractivity contribution in [3.05, 3.63) is 64.7 Å². The first kappa shape index (κ1) is 18.1. The highest BCUT2D eigenvalue weighted by Gasteiger charge is 2.31. The number of rotatable bonds is 6. The molecule has 0 aliphatic carbocycles. The highest BCUT2D eigenvalue weighted by molar-refractivity contribution is 8.01. The fraction of sp³-hybridized carbons (Fsp3) is 0.278. The van der Waals surface area contributed by atoms with E-state index in [1.165, 1.54) is 11.8 Å². The molecule has 25 heavy (non-hydrogen) atoms. The Morgan fingerprint density at radius 3 is 2.64 bits per heavy atom. The van der Waals surface area contributed by atoms with E-state index in [1.54, 1.807) is 36.4 Å². The molecule has 1 amide bonds. The van der Waals surface area contributed by atoms with E-state index in [9.17, 15) is 15.0 Å². The van der Waals surface area contributed by atoms with E-state index in [-0.39, 0.29) is 17.8 Å². The third-order valence-corrected chi connectivity index (χ3v) is 5.16. The number of amides is 1. The molecule has 3 rings (SSSR count). The number of hydrogen-bond acceptors (Lipinski definition) is 5. The van der Waals surface area contributed by atoms with Gasteiger partial charge in [-0.2, -0.15) is 0 Å². The second-order valence-electron chi connectivity index (χ2n) is 5.72. The van der Waals surface area contributed by atoms with Crippen molar-refractivity contribution in [3.8, 4) is 5.75 Å². The Morgan fingerprint density at radius 2 is 2.00 bits per heavy atom. The van der Waals surface area contributed by atoms with E-state index in [4.69, 9.17) is 16.3 Å². The molecular weight excluding hydrogens is 362 g/mol. The molecule has 0 aromatic heterocycles. The van der Waals surface area contributed by atoms with Gasteiger partial charge in [-0.05, 0) is 41.8 Å². The van der Waals surface area contributed by atoms with Gasteiger partial charge in [0.1, 0.15) is 18.5 Å². The van der Waals surface area contributed by atoms with E-state index >= 15 is 0 Å². The van der Waals surface area contributed by atoms with Crippen LogP contribution in [-0.4, -0.2) is 33.5 Å². The summed E-state index contributed by atoms with van der Waals surface area (Å²) < 4.78 is 5.61. The Balaban J connectivity index is 1.53. The zero-order chi connectivity index (χ0) is 17.8. The van der Waals surface area contributed by atoms with Crippen LogP contribution in [0, 0.1) is 0 Å². The van der Waals surface area contributed by atoms with Crippen LogP contribution in [0.2, 0.25) is 5.02 Å². The third-order valence-electron chi connectivity index (χ3n) is 3.84. The average molecular weight is 380 g/mol. The van der Waals surface area contributed by atoms with Crippen LogP contribution in [0.25, 0.3) is 0 Å². The number of nitrogens with one attached hydrogen (secondary N) is 1. The normalized spacial score (nSPS) is 21.0. The molecule has 2 aromatic rings. The lowest BCUT2D eigenvalue weighted by Gasteiger charge is -2.13. The standard InChI is InChI=1S/C18H18ClNO4S/c19-13-3-1-2-12(9-13)15(21)10-24-14-6-4-11(5-7-14)8-16-17(22)20-18(23)25-16/h1-7,9,15-16,18,21,23H,8,10H2,(H,20,22)/t15-,16?,18?/m0/s1. The highest BCUT2D eigenvalue weighted by Crippen LogP contribution is 2.26. The van der Waals surface area contributed by atoms with Crippen LogP contribution in [0.1, 0.15) is 17.2 Å². The summed E-state index contributed by atoms with van der Waals surface area (Å²) in [6.07, 6.45) is -0.225. The molecule has 1 fully saturated rings. The van der Waals surface area contributed by atoms with Gasteiger partial charge < -0.3 is 20.3 Å².